The highest BCUT2D eigenvalue weighted by Gasteiger charge is 2.15. The van der Waals surface area contributed by atoms with Gasteiger partial charge in [-0.2, -0.15) is 0 Å². The molecule has 0 aliphatic heterocycles. The lowest BCUT2D eigenvalue weighted by Gasteiger charge is -2.25. The monoisotopic (exact) mass is 379 g/mol. The zero-order chi connectivity index (χ0) is 19.6. The standard InChI is InChI=1S/C21H27F2NO3/c1-16-6-3-4-7-21(16)27-15-19(25)14-24(10-5-11-26-2)13-17-8-9-18(22)12-20(17)23/h3-4,6-9,12,19,25H,5,10-11,13-15H2,1-2H3/t19-/m1/s1. The zero-order valence-electron chi connectivity index (χ0n) is 15.8. The summed E-state index contributed by atoms with van der Waals surface area (Å²) in [6, 6.07) is 11.1. The van der Waals surface area contributed by atoms with Gasteiger partial charge in [-0.25, -0.2) is 8.78 Å². The molecule has 2 aromatic rings. The van der Waals surface area contributed by atoms with Gasteiger partial charge in [0.15, 0.2) is 0 Å². The van der Waals surface area contributed by atoms with E-state index in [0.29, 0.717) is 25.3 Å². The number of methoxy groups -OCH3 is 1. The Balaban J connectivity index is 1.94. The minimum absolute atomic E-state index is 0.136. The number of halogens is 2. The number of rotatable bonds is 11. The molecule has 1 atom stereocenters. The van der Waals surface area contributed by atoms with E-state index in [1.54, 1.807) is 7.11 Å². The Kier molecular flexibility index (Phi) is 8.64. The van der Waals surface area contributed by atoms with Crippen LogP contribution in [0.3, 0.4) is 0 Å². The summed E-state index contributed by atoms with van der Waals surface area (Å²) in [6.07, 6.45) is 0.000629. The van der Waals surface area contributed by atoms with E-state index in [2.05, 4.69) is 0 Å². The fourth-order valence-corrected chi connectivity index (χ4v) is 2.81. The number of hydrogen-bond donors (Lipinski definition) is 1. The smallest absolute Gasteiger partial charge is 0.130 e. The SMILES string of the molecule is COCCCN(Cc1ccc(F)cc1F)C[C@@H](O)COc1ccccc1C. The molecule has 0 spiro atoms. The minimum atomic E-state index is -0.740. The Morgan fingerprint density at radius 2 is 1.93 bits per heavy atom. The van der Waals surface area contributed by atoms with Crippen molar-refractivity contribution in [1.82, 2.24) is 4.90 Å². The van der Waals surface area contributed by atoms with E-state index >= 15 is 0 Å². The van der Waals surface area contributed by atoms with Gasteiger partial charge in [-0.15, -0.1) is 0 Å². The van der Waals surface area contributed by atoms with Crippen molar-refractivity contribution in [2.24, 2.45) is 0 Å². The van der Waals surface area contributed by atoms with Crippen molar-refractivity contribution in [3.63, 3.8) is 0 Å². The predicted octanol–water partition coefficient (Wildman–Crippen LogP) is 3.55. The maximum atomic E-state index is 14.0. The average molecular weight is 379 g/mol. The van der Waals surface area contributed by atoms with E-state index in [0.717, 1.165) is 23.8 Å². The molecule has 2 rings (SSSR count). The van der Waals surface area contributed by atoms with Crippen molar-refractivity contribution in [3.05, 3.63) is 65.2 Å². The second-order valence-corrected chi connectivity index (χ2v) is 6.55. The molecule has 0 unspecified atom stereocenters. The number of ether oxygens (including phenoxy) is 2. The number of hydrogen-bond acceptors (Lipinski definition) is 4. The average Bonchev–Trinajstić information content (AvgIpc) is 2.63. The largest absolute Gasteiger partial charge is 0.491 e. The van der Waals surface area contributed by atoms with Gasteiger partial charge in [-0.05, 0) is 31.0 Å². The van der Waals surface area contributed by atoms with Crippen LogP contribution in [0, 0.1) is 18.6 Å². The summed E-state index contributed by atoms with van der Waals surface area (Å²) >= 11 is 0. The van der Waals surface area contributed by atoms with Gasteiger partial charge < -0.3 is 14.6 Å². The summed E-state index contributed by atoms with van der Waals surface area (Å²) in [7, 11) is 1.62. The van der Waals surface area contributed by atoms with Gasteiger partial charge in [-0.1, -0.05) is 24.3 Å². The Hall–Kier alpha value is -2.02. The summed E-state index contributed by atoms with van der Waals surface area (Å²) in [6.45, 7) is 3.85. The topological polar surface area (TPSA) is 41.9 Å². The van der Waals surface area contributed by atoms with Crippen LogP contribution in [0.2, 0.25) is 0 Å². The molecule has 0 saturated carbocycles. The van der Waals surface area contributed by atoms with Crippen LogP contribution >= 0.6 is 0 Å². The molecule has 2 aromatic carbocycles. The van der Waals surface area contributed by atoms with Gasteiger partial charge in [0.05, 0.1) is 0 Å². The lowest BCUT2D eigenvalue weighted by molar-refractivity contribution is 0.0611. The fourth-order valence-electron chi connectivity index (χ4n) is 2.81. The van der Waals surface area contributed by atoms with E-state index in [9.17, 15) is 13.9 Å². The third-order valence-electron chi connectivity index (χ3n) is 4.23. The molecule has 0 aliphatic carbocycles. The highest BCUT2D eigenvalue weighted by Crippen LogP contribution is 2.17. The van der Waals surface area contributed by atoms with Crippen LogP contribution in [0.5, 0.6) is 5.75 Å². The second-order valence-electron chi connectivity index (χ2n) is 6.55. The third kappa shape index (κ3) is 7.25. The Labute approximate surface area is 159 Å². The van der Waals surface area contributed by atoms with E-state index < -0.39 is 17.7 Å². The zero-order valence-corrected chi connectivity index (χ0v) is 15.8. The van der Waals surface area contributed by atoms with Crippen LogP contribution in [-0.4, -0.2) is 49.5 Å². The molecular formula is C21H27F2NO3. The van der Waals surface area contributed by atoms with E-state index in [-0.39, 0.29) is 13.2 Å². The predicted molar refractivity (Wildman–Crippen MR) is 101 cm³/mol. The first-order valence-corrected chi connectivity index (χ1v) is 9.01. The summed E-state index contributed by atoms with van der Waals surface area (Å²) in [5, 5.41) is 10.4. The molecular weight excluding hydrogens is 352 g/mol. The van der Waals surface area contributed by atoms with E-state index in [4.69, 9.17) is 9.47 Å². The number of aliphatic hydroxyl groups is 1. The Morgan fingerprint density at radius 1 is 1.15 bits per heavy atom. The van der Waals surface area contributed by atoms with E-state index in [1.165, 1.54) is 12.1 Å². The van der Waals surface area contributed by atoms with Gasteiger partial charge >= 0.3 is 0 Å². The van der Waals surface area contributed by atoms with Gasteiger partial charge in [0, 0.05) is 45.0 Å². The summed E-state index contributed by atoms with van der Waals surface area (Å²) in [5.74, 6) is -0.460. The quantitative estimate of drug-likeness (QED) is 0.607. The summed E-state index contributed by atoms with van der Waals surface area (Å²) in [4.78, 5) is 1.92. The molecule has 0 saturated heterocycles. The first-order chi connectivity index (χ1) is 13.0. The number of nitrogens with zero attached hydrogens (tertiary/aromatic N) is 1. The number of aliphatic hydroxyl groups excluding tert-OH is 1. The molecule has 0 aromatic heterocycles. The molecule has 0 fully saturated rings. The highest BCUT2D eigenvalue weighted by atomic mass is 19.1. The molecule has 4 nitrogen and oxygen atoms in total. The van der Waals surface area contributed by atoms with Crippen molar-refractivity contribution < 1.29 is 23.4 Å². The maximum absolute atomic E-state index is 14.0. The Morgan fingerprint density at radius 3 is 2.63 bits per heavy atom. The van der Waals surface area contributed by atoms with Gasteiger partial charge in [0.1, 0.15) is 30.1 Å². The highest BCUT2D eigenvalue weighted by molar-refractivity contribution is 5.31. The minimum Gasteiger partial charge on any atom is -0.491 e. The fraction of sp³-hybridized carbons (Fsp3) is 0.429. The molecule has 0 aliphatic rings. The van der Waals surface area contributed by atoms with Crippen LogP contribution in [0.25, 0.3) is 0 Å². The van der Waals surface area contributed by atoms with Gasteiger partial charge in [-0.3, -0.25) is 4.90 Å². The van der Waals surface area contributed by atoms with Crippen LogP contribution < -0.4 is 4.74 Å². The molecule has 148 valence electrons. The second kappa shape index (κ2) is 11.0. The molecule has 1 N–H and O–H groups in total. The number of benzene rings is 2. The van der Waals surface area contributed by atoms with Crippen LogP contribution in [-0.2, 0) is 11.3 Å². The number of para-hydroxylation sites is 1. The van der Waals surface area contributed by atoms with Crippen molar-refractivity contribution in [1.29, 1.82) is 0 Å². The molecule has 0 heterocycles. The lowest BCUT2D eigenvalue weighted by Crippen LogP contribution is -2.36. The number of aryl methyl sites for hydroxylation is 1. The van der Waals surface area contributed by atoms with Crippen molar-refractivity contribution in [3.8, 4) is 5.75 Å². The summed E-state index contributed by atoms with van der Waals surface area (Å²) < 4.78 is 37.8. The molecule has 6 heteroatoms. The van der Waals surface area contributed by atoms with Gasteiger partial charge in [0.25, 0.3) is 0 Å². The maximum Gasteiger partial charge on any atom is 0.130 e. The van der Waals surface area contributed by atoms with Crippen molar-refractivity contribution in [2.45, 2.75) is 26.0 Å². The first kappa shape index (κ1) is 21.3. The van der Waals surface area contributed by atoms with Crippen molar-refractivity contribution in [2.75, 3.05) is 33.4 Å². The van der Waals surface area contributed by atoms with Gasteiger partial charge in [0.2, 0.25) is 0 Å². The van der Waals surface area contributed by atoms with E-state index in [1.807, 2.05) is 36.1 Å². The Bertz CT molecular complexity index is 712. The third-order valence-corrected chi connectivity index (χ3v) is 4.23. The normalized spacial score (nSPS) is 12.4. The molecule has 0 bridgehead atoms. The summed E-state index contributed by atoms with van der Waals surface area (Å²) in [5.41, 5.74) is 1.39. The first-order valence-electron chi connectivity index (χ1n) is 9.01. The molecule has 27 heavy (non-hydrogen) atoms. The van der Waals surface area contributed by atoms with Crippen LogP contribution in [0.4, 0.5) is 8.78 Å². The van der Waals surface area contributed by atoms with Crippen LogP contribution in [0.1, 0.15) is 17.5 Å². The lowest BCUT2D eigenvalue weighted by atomic mass is 10.1. The van der Waals surface area contributed by atoms with Crippen molar-refractivity contribution >= 4 is 0 Å². The van der Waals surface area contributed by atoms with Crippen LogP contribution in [0.15, 0.2) is 42.5 Å². The molecule has 0 radical (unpaired) electrons. The molecule has 0 amide bonds.